The van der Waals surface area contributed by atoms with Crippen LogP contribution in [-0.4, -0.2) is 36.8 Å². The summed E-state index contributed by atoms with van der Waals surface area (Å²) in [6, 6.07) is 0. The van der Waals surface area contributed by atoms with E-state index in [1.807, 2.05) is 13.8 Å². The maximum Gasteiger partial charge on any atom is 0.221 e. The number of aliphatic hydroxyl groups excluding tert-OH is 1. The van der Waals surface area contributed by atoms with Crippen LogP contribution in [0, 0.1) is 0 Å². The largest absolute Gasteiger partial charge is 0.392 e. The first-order valence-corrected chi connectivity index (χ1v) is 5.36. The van der Waals surface area contributed by atoms with Crippen LogP contribution < -0.4 is 10.6 Å². The second kappa shape index (κ2) is 8.97. The lowest BCUT2D eigenvalue weighted by Gasteiger charge is -2.09. The van der Waals surface area contributed by atoms with Crippen LogP contribution in [0.4, 0.5) is 0 Å². The number of carbonyl (C=O) groups excluding carboxylic acids is 1. The average Bonchev–Trinajstić information content (AvgIpc) is 2.21. The predicted octanol–water partition coefficient (Wildman–Crippen LogP) is 0.263. The second-order valence-electron chi connectivity index (χ2n) is 3.37. The average molecular weight is 202 g/mol. The zero-order valence-electron chi connectivity index (χ0n) is 9.18. The van der Waals surface area contributed by atoms with E-state index in [2.05, 4.69) is 10.6 Å². The summed E-state index contributed by atoms with van der Waals surface area (Å²) in [5.41, 5.74) is 0. The highest BCUT2D eigenvalue weighted by atomic mass is 16.3. The molecule has 0 spiro atoms. The van der Waals surface area contributed by atoms with Crippen LogP contribution in [0.3, 0.4) is 0 Å². The van der Waals surface area contributed by atoms with Crippen molar-refractivity contribution in [3.63, 3.8) is 0 Å². The van der Waals surface area contributed by atoms with E-state index in [0.717, 1.165) is 19.4 Å². The standard InChI is InChI=1S/C10H22N2O2/c1-3-6-12-10(14)5-7-11-8-9(13)4-2/h9,11,13H,3-8H2,1-2H3,(H,12,14). The van der Waals surface area contributed by atoms with Gasteiger partial charge in [0.05, 0.1) is 6.10 Å². The SMILES string of the molecule is CCCNC(=O)CCNCC(O)CC. The Balaban J connectivity index is 3.22. The van der Waals surface area contributed by atoms with Gasteiger partial charge < -0.3 is 15.7 Å². The van der Waals surface area contributed by atoms with Gasteiger partial charge in [-0.1, -0.05) is 13.8 Å². The number of aliphatic hydroxyl groups is 1. The van der Waals surface area contributed by atoms with Gasteiger partial charge in [0.1, 0.15) is 0 Å². The summed E-state index contributed by atoms with van der Waals surface area (Å²) in [5.74, 6) is 0.0744. The Morgan fingerprint density at radius 2 is 2.07 bits per heavy atom. The Kier molecular flexibility index (Phi) is 8.57. The fourth-order valence-corrected chi connectivity index (χ4v) is 0.968. The van der Waals surface area contributed by atoms with E-state index in [0.29, 0.717) is 19.5 Å². The summed E-state index contributed by atoms with van der Waals surface area (Å²) >= 11 is 0. The van der Waals surface area contributed by atoms with Gasteiger partial charge in [-0.3, -0.25) is 4.79 Å². The van der Waals surface area contributed by atoms with E-state index in [-0.39, 0.29) is 12.0 Å². The smallest absolute Gasteiger partial charge is 0.221 e. The molecule has 4 nitrogen and oxygen atoms in total. The molecular weight excluding hydrogens is 180 g/mol. The van der Waals surface area contributed by atoms with Gasteiger partial charge in [0.15, 0.2) is 0 Å². The summed E-state index contributed by atoms with van der Waals surface area (Å²) in [7, 11) is 0. The summed E-state index contributed by atoms with van der Waals surface area (Å²) in [6.45, 7) is 5.90. The van der Waals surface area contributed by atoms with Gasteiger partial charge in [0.2, 0.25) is 5.91 Å². The molecule has 0 aromatic carbocycles. The van der Waals surface area contributed by atoms with Gasteiger partial charge in [-0.25, -0.2) is 0 Å². The molecule has 0 heterocycles. The van der Waals surface area contributed by atoms with Crippen molar-refractivity contribution in [2.75, 3.05) is 19.6 Å². The minimum atomic E-state index is -0.297. The first-order chi connectivity index (χ1) is 6.70. The van der Waals surface area contributed by atoms with Crippen LogP contribution in [0.2, 0.25) is 0 Å². The molecule has 0 aliphatic heterocycles. The molecule has 0 fully saturated rings. The van der Waals surface area contributed by atoms with E-state index in [1.54, 1.807) is 0 Å². The Morgan fingerprint density at radius 3 is 2.64 bits per heavy atom. The number of hydrogen-bond acceptors (Lipinski definition) is 3. The number of amides is 1. The minimum absolute atomic E-state index is 0.0744. The van der Waals surface area contributed by atoms with Crippen LogP contribution in [0.1, 0.15) is 33.1 Å². The van der Waals surface area contributed by atoms with E-state index in [4.69, 9.17) is 0 Å². The lowest BCUT2D eigenvalue weighted by molar-refractivity contribution is -0.121. The van der Waals surface area contributed by atoms with Crippen LogP contribution in [0.5, 0.6) is 0 Å². The molecule has 1 atom stereocenters. The Morgan fingerprint density at radius 1 is 1.36 bits per heavy atom. The highest BCUT2D eigenvalue weighted by Crippen LogP contribution is 1.86. The van der Waals surface area contributed by atoms with Gasteiger partial charge in [-0.15, -0.1) is 0 Å². The summed E-state index contributed by atoms with van der Waals surface area (Å²) in [6.07, 6.45) is 1.90. The van der Waals surface area contributed by atoms with Crippen molar-refractivity contribution in [1.82, 2.24) is 10.6 Å². The zero-order chi connectivity index (χ0) is 10.8. The highest BCUT2D eigenvalue weighted by Gasteiger charge is 2.01. The second-order valence-corrected chi connectivity index (χ2v) is 3.37. The van der Waals surface area contributed by atoms with E-state index < -0.39 is 0 Å². The van der Waals surface area contributed by atoms with Crippen molar-refractivity contribution in [2.24, 2.45) is 0 Å². The molecule has 0 rings (SSSR count). The highest BCUT2D eigenvalue weighted by molar-refractivity contribution is 5.75. The normalized spacial score (nSPS) is 12.5. The monoisotopic (exact) mass is 202 g/mol. The van der Waals surface area contributed by atoms with Crippen molar-refractivity contribution >= 4 is 5.91 Å². The molecule has 3 N–H and O–H groups in total. The summed E-state index contributed by atoms with van der Waals surface area (Å²) in [4.78, 5) is 11.1. The Bertz CT molecular complexity index is 151. The van der Waals surface area contributed by atoms with Crippen molar-refractivity contribution in [1.29, 1.82) is 0 Å². The third kappa shape index (κ3) is 8.01. The van der Waals surface area contributed by atoms with Gasteiger partial charge in [0, 0.05) is 26.1 Å². The molecule has 0 aliphatic carbocycles. The molecule has 0 saturated carbocycles. The third-order valence-corrected chi connectivity index (χ3v) is 1.95. The molecule has 84 valence electrons. The molecule has 14 heavy (non-hydrogen) atoms. The molecule has 0 saturated heterocycles. The quantitative estimate of drug-likeness (QED) is 0.495. The molecule has 1 unspecified atom stereocenters. The van der Waals surface area contributed by atoms with Crippen LogP contribution in [0.25, 0.3) is 0 Å². The van der Waals surface area contributed by atoms with Crippen molar-refractivity contribution in [3.05, 3.63) is 0 Å². The molecule has 1 amide bonds. The lowest BCUT2D eigenvalue weighted by Crippen LogP contribution is -2.31. The summed E-state index contributed by atoms with van der Waals surface area (Å²) < 4.78 is 0. The van der Waals surface area contributed by atoms with Crippen LogP contribution in [0.15, 0.2) is 0 Å². The molecular formula is C10H22N2O2. The first-order valence-electron chi connectivity index (χ1n) is 5.36. The lowest BCUT2D eigenvalue weighted by atomic mass is 10.3. The van der Waals surface area contributed by atoms with Crippen LogP contribution >= 0.6 is 0 Å². The maximum atomic E-state index is 11.1. The Hall–Kier alpha value is -0.610. The van der Waals surface area contributed by atoms with E-state index >= 15 is 0 Å². The molecule has 0 radical (unpaired) electrons. The van der Waals surface area contributed by atoms with Crippen molar-refractivity contribution in [3.8, 4) is 0 Å². The fourth-order valence-electron chi connectivity index (χ4n) is 0.968. The summed E-state index contributed by atoms with van der Waals surface area (Å²) in [5, 5.41) is 15.0. The zero-order valence-corrected chi connectivity index (χ0v) is 9.18. The minimum Gasteiger partial charge on any atom is -0.392 e. The van der Waals surface area contributed by atoms with E-state index in [1.165, 1.54) is 0 Å². The Labute approximate surface area is 86.1 Å². The van der Waals surface area contributed by atoms with Gasteiger partial charge in [-0.05, 0) is 12.8 Å². The van der Waals surface area contributed by atoms with Gasteiger partial charge in [-0.2, -0.15) is 0 Å². The van der Waals surface area contributed by atoms with Crippen molar-refractivity contribution in [2.45, 2.75) is 39.2 Å². The topological polar surface area (TPSA) is 61.4 Å². The molecule has 0 bridgehead atoms. The molecule has 0 aliphatic rings. The van der Waals surface area contributed by atoms with E-state index in [9.17, 15) is 9.90 Å². The van der Waals surface area contributed by atoms with Crippen LogP contribution in [-0.2, 0) is 4.79 Å². The third-order valence-electron chi connectivity index (χ3n) is 1.95. The first kappa shape index (κ1) is 13.4. The molecule has 0 aromatic heterocycles. The van der Waals surface area contributed by atoms with Gasteiger partial charge in [0.25, 0.3) is 0 Å². The number of hydrogen-bond donors (Lipinski definition) is 3. The van der Waals surface area contributed by atoms with Crippen molar-refractivity contribution < 1.29 is 9.90 Å². The predicted molar refractivity (Wildman–Crippen MR) is 57.1 cm³/mol. The number of rotatable bonds is 8. The fraction of sp³-hybridized carbons (Fsp3) is 0.900. The maximum absolute atomic E-state index is 11.1. The molecule has 4 heteroatoms. The van der Waals surface area contributed by atoms with Gasteiger partial charge >= 0.3 is 0 Å². The molecule has 0 aromatic rings. The number of nitrogens with one attached hydrogen (secondary N) is 2. The number of carbonyl (C=O) groups is 1.